The first kappa shape index (κ1) is 21.5. The second-order valence-electron chi connectivity index (χ2n) is 11.5. The summed E-state index contributed by atoms with van der Waals surface area (Å²) in [5.74, 6) is 1.35. The van der Waals surface area contributed by atoms with E-state index in [0.29, 0.717) is 42.9 Å². The lowest BCUT2D eigenvalue weighted by molar-refractivity contribution is -0.186. The number of carboxylic acid groups (broad SMARTS) is 1. The standard InChI is InChI=1S/C24H39FO4/c1-13(4-7-21(28)29)15-5-6-16-22-17(8-9-23(15,16)2)24(3)12-18(25)19(26)10-14(24)11-20(22)27/h13-20,22,26-27H,4-12H2,1-3H3,(H,28,29)/t13-,14+,15-,16+,17+,18-,19-,20+,22+,23-,24+/m1/s1. The van der Waals surface area contributed by atoms with Crippen LogP contribution in [0, 0.1) is 46.3 Å². The summed E-state index contributed by atoms with van der Waals surface area (Å²) in [5.41, 5.74) is 0.0173. The van der Waals surface area contributed by atoms with Crippen molar-refractivity contribution >= 4 is 5.97 Å². The molecule has 0 heterocycles. The molecule has 4 saturated carbocycles. The summed E-state index contributed by atoms with van der Waals surface area (Å²) in [7, 11) is 0. The van der Waals surface area contributed by atoms with Crippen LogP contribution < -0.4 is 0 Å². The zero-order chi connectivity index (χ0) is 21.1. The van der Waals surface area contributed by atoms with Gasteiger partial charge in [-0.05, 0) is 97.7 Å². The monoisotopic (exact) mass is 410 g/mol. The van der Waals surface area contributed by atoms with E-state index in [2.05, 4.69) is 20.8 Å². The minimum atomic E-state index is -1.15. The van der Waals surface area contributed by atoms with Crippen LogP contribution >= 0.6 is 0 Å². The lowest BCUT2D eigenvalue weighted by Crippen LogP contribution is -2.60. The van der Waals surface area contributed by atoms with Crippen LogP contribution in [-0.2, 0) is 4.79 Å². The number of aliphatic carboxylic acids is 1. The number of halogens is 1. The lowest BCUT2D eigenvalue weighted by Gasteiger charge is -2.62. The van der Waals surface area contributed by atoms with Crippen molar-refractivity contribution in [3.05, 3.63) is 0 Å². The van der Waals surface area contributed by atoms with Crippen molar-refractivity contribution in [2.75, 3.05) is 0 Å². The van der Waals surface area contributed by atoms with Crippen molar-refractivity contribution in [2.24, 2.45) is 46.3 Å². The Bertz CT molecular complexity index is 640. The van der Waals surface area contributed by atoms with E-state index in [1.807, 2.05) is 0 Å². The summed E-state index contributed by atoms with van der Waals surface area (Å²) < 4.78 is 14.5. The number of hydrogen-bond donors (Lipinski definition) is 3. The minimum Gasteiger partial charge on any atom is -0.481 e. The van der Waals surface area contributed by atoms with Gasteiger partial charge < -0.3 is 15.3 Å². The largest absolute Gasteiger partial charge is 0.481 e. The van der Waals surface area contributed by atoms with Crippen LogP contribution in [0.1, 0.15) is 78.6 Å². The second-order valence-corrected chi connectivity index (χ2v) is 11.5. The molecule has 4 nitrogen and oxygen atoms in total. The third kappa shape index (κ3) is 3.35. The van der Waals surface area contributed by atoms with Gasteiger partial charge in [-0.3, -0.25) is 4.79 Å². The molecular formula is C24H39FO4. The van der Waals surface area contributed by atoms with Gasteiger partial charge in [0.15, 0.2) is 0 Å². The Kier molecular flexibility index (Phi) is 5.55. The Hall–Kier alpha value is -0.680. The number of aliphatic hydroxyl groups excluding tert-OH is 2. The molecule has 4 aliphatic rings. The quantitative estimate of drug-likeness (QED) is 0.641. The van der Waals surface area contributed by atoms with Gasteiger partial charge in [0.2, 0.25) is 0 Å². The molecule has 0 unspecified atom stereocenters. The highest BCUT2D eigenvalue weighted by Gasteiger charge is 2.63. The van der Waals surface area contributed by atoms with Crippen molar-refractivity contribution in [1.82, 2.24) is 0 Å². The van der Waals surface area contributed by atoms with Gasteiger partial charge in [-0.1, -0.05) is 20.8 Å². The molecule has 4 rings (SSSR count). The number of alkyl halides is 1. The van der Waals surface area contributed by atoms with Crippen LogP contribution in [0.15, 0.2) is 0 Å². The molecule has 5 heteroatoms. The number of rotatable bonds is 4. The summed E-state index contributed by atoms with van der Waals surface area (Å²) in [6.07, 6.45) is 4.48. The van der Waals surface area contributed by atoms with Crippen LogP contribution in [-0.4, -0.2) is 39.7 Å². The minimum absolute atomic E-state index is 0.128. The summed E-state index contributed by atoms with van der Waals surface area (Å²) in [6.45, 7) is 6.81. The van der Waals surface area contributed by atoms with Crippen molar-refractivity contribution in [3.8, 4) is 0 Å². The van der Waals surface area contributed by atoms with Gasteiger partial charge in [-0.15, -0.1) is 0 Å². The zero-order valence-corrected chi connectivity index (χ0v) is 18.2. The first-order valence-electron chi connectivity index (χ1n) is 11.8. The number of hydrogen-bond acceptors (Lipinski definition) is 3. The molecule has 0 bridgehead atoms. The maximum absolute atomic E-state index is 14.5. The first-order valence-corrected chi connectivity index (χ1v) is 11.8. The zero-order valence-electron chi connectivity index (χ0n) is 18.2. The predicted octanol–water partition coefficient (Wildman–Crippen LogP) is 4.43. The summed E-state index contributed by atoms with van der Waals surface area (Å²) in [6, 6.07) is 0. The molecule has 3 N–H and O–H groups in total. The fourth-order valence-electron chi connectivity index (χ4n) is 8.73. The number of fused-ring (bicyclic) bond motifs is 5. The van der Waals surface area contributed by atoms with E-state index in [1.165, 1.54) is 0 Å². The summed E-state index contributed by atoms with van der Waals surface area (Å²) >= 11 is 0. The van der Waals surface area contributed by atoms with Gasteiger partial charge in [0.05, 0.1) is 12.2 Å². The Morgan fingerprint density at radius 3 is 2.41 bits per heavy atom. The van der Waals surface area contributed by atoms with E-state index >= 15 is 0 Å². The smallest absolute Gasteiger partial charge is 0.303 e. The van der Waals surface area contributed by atoms with Crippen molar-refractivity contribution in [3.63, 3.8) is 0 Å². The van der Waals surface area contributed by atoms with E-state index in [4.69, 9.17) is 5.11 Å². The third-order valence-corrected chi connectivity index (χ3v) is 10.2. The number of carbonyl (C=O) groups is 1. The molecule has 29 heavy (non-hydrogen) atoms. The fraction of sp³-hybridized carbons (Fsp3) is 0.958. The van der Waals surface area contributed by atoms with Gasteiger partial charge in [-0.2, -0.15) is 0 Å². The van der Waals surface area contributed by atoms with Crippen LogP contribution in [0.25, 0.3) is 0 Å². The van der Waals surface area contributed by atoms with Gasteiger partial charge in [-0.25, -0.2) is 4.39 Å². The van der Waals surface area contributed by atoms with E-state index in [1.54, 1.807) is 0 Å². The average Bonchev–Trinajstić information content (AvgIpc) is 2.99. The molecule has 0 aliphatic heterocycles. The molecule has 0 aromatic carbocycles. The highest BCUT2D eigenvalue weighted by atomic mass is 19.1. The van der Waals surface area contributed by atoms with Gasteiger partial charge in [0.1, 0.15) is 6.17 Å². The van der Waals surface area contributed by atoms with Gasteiger partial charge in [0.25, 0.3) is 0 Å². The molecule has 0 aromatic heterocycles. The SMILES string of the molecule is C[C@H](CCC(=O)O)[C@H]1CC[C@H]2[C@@H]3[C@@H](O)C[C@@H]4C[C@@H](O)[C@H](F)C[C@]4(C)[C@H]3CC[C@]12C. The molecule has 166 valence electrons. The van der Waals surface area contributed by atoms with Gasteiger partial charge in [0, 0.05) is 6.42 Å². The molecule has 4 aliphatic carbocycles. The fourth-order valence-corrected chi connectivity index (χ4v) is 8.73. The maximum Gasteiger partial charge on any atom is 0.303 e. The second kappa shape index (κ2) is 7.47. The van der Waals surface area contributed by atoms with Crippen molar-refractivity contribution < 1.29 is 24.5 Å². The molecule has 0 radical (unpaired) electrons. The Balaban J connectivity index is 1.57. The molecule has 0 saturated heterocycles. The number of aliphatic hydroxyl groups is 2. The van der Waals surface area contributed by atoms with E-state index in [0.717, 1.165) is 32.1 Å². The lowest BCUT2D eigenvalue weighted by atomic mass is 9.43. The van der Waals surface area contributed by atoms with Crippen LogP contribution in [0.3, 0.4) is 0 Å². The maximum atomic E-state index is 14.5. The summed E-state index contributed by atoms with van der Waals surface area (Å²) in [5, 5.41) is 30.4. The summed E-state index contributed by atoms with van der Waals surface area (Å²) in [4.78, 5) is 11.0. The Labute approximate surface area is 174 Å². The molecule has 0 spiro atoms. The molecular weight excluding hydrogens is 371 g/mol. The van der Waals surface area contributed by atoms with E-state index in [9.17, 15) is 19.4 Å². The topological polar surface area (TPSA) is 77.8 Å². The normalized spacial score (nSPS) is 52.9. The number of carboxylic acids is 1. The van der Waals surface area contributed by atoms with Crippen molar-refractivity contribution in [2.45, 2.75) is 96.9 Å². The Morgan fingerprint density at radius 1 is 1.07 bits per heavy atom. The molecule has 4 fully saturated rings. The highest BCUT2D eigenvalue weighted by Crippen LogP contribution is 2.68. The van der Waals surface area contributed by atoms with Gasteiger partial charge >= 0.3 is 5.97 Å². The van der Waals surface area contributed by atoms with Crippen molar-refractivity contribution in [1.29, 1.82) is 0 Å². The van der Waals surface area contributed by atoms with Crippen LogP contribution in [0.5, 0.6) is 0 Å². The third-order valence-electron chi connectivity index (χ3n) is 10.2. The Morgan fingerprint density at radius 2 is 1.72 bits per heavy atom. The van der Waals surface area contributed by atoms with E-state index < -0.39 is 18.2 Å². The van der Waals surface area contributed by atoms with Crippen LogP contribution in [0.2, 0.25) is 0 Å². The molecule has 0 aromatic rings. The van der Waals surface area contributed by atoms with E-state index in [-0.39, 0.29) is 35.2 Å². The molecule has 11 atom stereocenters. The van der Waals surface area contributed by atoms with Crippen LogP contribution in [0.4, 0.5) is 4.39 Å². The predicted molar refractivity (Wildman–Crippen MR) is 109 cm³/mol. The first-order chi connectivity index (χ1) is 13.6. The highest BCUT2D eigenvalue weighted by molar-refractivity contribution is 5.66. The average molecular weight is 411 g/mol. The molecule has 0 amide bonds.